The zero-order valence-electron chi connectivity index (χ0n) is 9.59. The molecule has 3 nitrogen and oxygen atoms in total. The minimum atomic E-state index is -1.39. The summed E-state index contributed by atoms with van der Waals surface area (Å²) in [6.07, 6.45) is 3.72. The van der Waals surface area contributed by atoms with Crippen molar-refractivity contribution in [1.82, 2.24) is 4.90 Å². The summed E-state index contributed by atoms with van der Waals surface area (Å²) in [6, 6.07) is 0. The summed E-state index contributed by atoms with van der Waals surface area (Å²) in [5.41, 5.74) is 0. The number of aliphatic hydroxyl groups is 1. The van der Waals surface area contributed by atoms with Gasteiger partial charge in [0.05, 0.1) is 6.61 Å². The van der Waals surface area contributed by atoms with E-state index in [9.17, 15) is 4.79 Å². The smallest absolute Gasteiger partial charge is 0.259 e. The van der Waals surface area contributed by atoms with Crippen molar-refractivity contribution < 1.29 is 9.90 Å². The molecule has 1 amide bonds. The molecule has 0 spiro atoms. The summed E-state index contributed by atoms with van der Waals surface area (Å²) in [5, 5.41) is 8.84. The van der Waals surface area contributed by atoms with Crippen molar-refractivity contribution in [2.24, 2.45) is 0 Å². The van der Waals surface area contributed by atoms with Crippen molar-refractivity contribution in [2.45, 2.75) is 30.5 Å². The van der Waals surface area contributed by atoms with Crippen molar-refractivity contribution in [2.75, 3.05) is 19.7 Å². The monoisotopic (exact) mass is 267 g/mol. The second-order valence-electron chi connectivity index (χ2n) is 3.57. The summed E-state index contributed by atoms with van der Waals surface area (Å²) >= 11 is 12.0. The number of amides is 1. The van der Waals surface area contributed by atoms with Gasteiger partial charge in [-0.3, -0.25) is 4.79 Å². The Labute approximate surface area is 107 Å². The summed E-state index contributed by atoms with van der Waals surface area (Å²) in [7, 11) is 0. The lowest BCUT2D eigenvalue weighted by atomic mass is 10.1. The third kappa shape index (κ3) is 5.19. The fourth-order valence-electron chi connectivity index (χ4n) is 1.29. The Morgan fingerprint density at radius 2 is 2.19 bits per heavy atom. The fourth-order valence-corrected chi connectivity index (χ4v) is 1.80. The zero-order chi connectivity index (χ0) is 12.6. The number of hydrogen-bond donors (Lipinski definition) is 1. The van der Waals surface area contributed by atoms with E-state index in [4.69, 9.17) is 28.3 Å². The molecule has 0 bridgehead atoms. The highest BCUT2D eigenvalue weighted by atomic mass is 35.5. The molecule has 0 aliphatic carbocycles. The van der Waals surface area contributed by atoms with Crippen LogP contribution < -0.4 is 0 Å². The average Bonchev–Trinajstić information content (AvgIpc) is 2.25. The fraction of sp³-hybridized carbons (Fsp3) is 0.727. The predicted octanol–water partition coefficient (Wildman–Crippen LogP) is 2.36. The molecule has 0 saturated carbocycles. The Hall–Kier alpha value is -0.250. The molecule has 16 heavy (non-hydrogen) atoms. The van der Waals surface area contributed by atoms with E-state index in [1.807, 2.05) is 6.92 Å². The van der Waals surface area contributed by atoms with Gasteiger partial charge < -0.3 is 10.0 Å². The van der Waals surface area contributed by atoms with E-state index in [-0.39, 0.29) is 19.1 Å². The summed E-state index contributed by atoms with van der Waals surface area (Å²) in [5.74, 6) is -0.363. The molecule has 0 aromatic heterocycles. The van der Waals surface area contributed by atoms with E-state index in [2.05, 4.69) is 6.58 Å². The first-order valence-corrected chi connectivity index (χ1v) is 6.14. The van der Waals surface area contributed by atoms with Crippen LogP contribution >= 0.6 is 23.2 Å². The standard InChI is InChI=1S/C11H19Cl2NO2/c1-3-5-6-11(12,13)10(16)14(7-4-2)8-9-15/h4,15H,2-3,5-9H2,1H3. The van der Waals surface area contributed by atoms with Crippen LogP contribution in [0.1, 0.15) is 26.2 Å². The molecule has 0 saturated heterocycles. The van der Waals surface area contributed by atoms with Crippen LogP contribution in [0.3, 0.4) is 0 Å². The Balaban J connectivity index is 4.49. The van der Waals surface area contributed by atoms with Gasteiger partial charge in [-0.2, -0.15) is 0 Å². The molecule has 0 rings (SSSR count). The number of carbonyl (C=O) groups is 1. The Morgan fingerprint density at radius 3 is 2.62 bits per heavy atom. The molecule has 0 atom stereocenters. The lowest BCUT2D eigenvalue weighted by molar-refractivity contribution is -0.132. The van der Waals surface area contributed by atoms with Crippen molar-refractivity contribution in [1.29, 1.82) is 0 Å². The molecule has 1 N–H and O–H groups in total. The van der Waals surface area contributed by atoms with Gasteiger partial charge in [0, 0.05) is 13.1 Å². The van der Waals surface area contributed by atoms with Crippen LogP contribution in [0.4, 0.5) is 0 Å². The molecule has 0 aromatic carbocycles. The summed E-state index contributed by atoms with van der Waals surface area (Å²) in [6.45, 7) is 6.00. The molecule has 0 fully saturated rings. The van der Waals surface area contributed by atoms with Crippen LogP contribution in [-0.4, -0.2) is 39.9 Å². The normalized spacial score (nSPS) is 11.2. The highest BCUT2D eigenvalue weighted by molar-refractivity contribution is 6.58. The number of unbranched alkanes of at least 4 members (excludes halogenated alkanes) is 1. The van der Waals surface area contributed by atoms with E-state index < -0.39 is 4.33 Å². The number of hydrogen-bond acceptors (Lipinski definition) is 2. The van der Waals surface area contributed by atoms with Gasteiger partial charge in [0.15, 0.2) is 4.33 Å². The quantitative estimate of drug-likeness (QED) is 0.542. The number of nitrogens with zero attached hydrogens (tertiary/aromatic N) is 1. The molecule has 94 valence electrons. The van der Waals surface area contributed by atoms with Crippen LogP contribution in [0.25, 0.3) is 0 Å². The van der Waals surface area contributed by atoms with Crippen molar-refractivity contribution in [3.8, 4) is 0 Å². The van der Waals surface area contributed by atoms with Crippen LogP contribution in [0.15, 0.2) is 12.7 Å². The SMILES string of the molecule is C=CCN(CCO)C(=O)C(Cl)(Cl)CCCC. The van der Waals surface area contributed by atoms with Crippen LogP contribution in [-0.2, 0) is 4.79 Å². The van der Waals surface area contributed by atoms with Gasteiger partial charge >= 0.3 is 0 Å². The second kappa shape index (κ2) is 7.93. The van der Waals surface area contributed by atoms with Crippen molar-refractivity contribution >= 4 is 29.1 Å². The van der Waals surface area contributed by atoms with Gasteiger partial charge in [0.25, 0.3) is 5.91 Å². The number of aliphatic hydroxyl groups excluding tert-OH is 1. The minimum Gasteiger partial charge on any atom is -0.395 e. The molecule has 0 heterocycles. The van der Waals surface area contributed by atoms with Gasteiger partial charge in [-0.15, -0.1) is 6.58 Å². The third-order valence-corrected chi connectivity index (χ3v) is 2.87. The molecule has 0 aliphatic rings. The van der Waals surface area contributed by atoms with E-state index in [1.54, 1.807) is 6.08 Å². The predicted molar refractivity (Wildman–Crippen MR) is 67.8 cm³/mol. The molecular formula is C11H19Cl2NO2. The first kappa shape index (κ1) is 15.8. The molecule has 0 radical (unpaired) electrons. The Bertz CT molecular complexity index is 232. The van der Waals surface area contributed by atoms with E-state index in [0.717, 1.165) is 12.8 Å². The molecule has 0 aromatic rings. The first-order chi connectivity index (χ1) is 7.49. The maximum absolute atomic E-state index is 12.0. The number of rotatable bonds is 8. The van der Waals surface area contributed by atoms with Gasteiger partial charge in [0.1, 0.15) is 0 Å². The minimum absolute atomic E-state index is 0.114. The van der Waals surface area contributed by atoms with Crippen molar-refractivity contribution in [3.63, 3.8) is 0 Å². The largest absolute Gasteiger partial charge is 0.395 e. The average molecular weight is 268 g/mol. The highest BCUT2D eigenvalue weighted by Crippen LogP contribution is 2.29. The third-order valence-electron chi connectivity index (χ3n) is 2.16. The lowest BCUT2D eigenvalue weighted by Crippen LogP contribution is -2.43. The topological polar surface area (TPSA) is 40.5 Å². The maximum Gasteiger partial charge on any atom is 0.259 e. The van der Waals surface area contributed by atoms with Gasteiger partial charge in [-0.05, 0) is 6.42 Å². The van der Waals surface area contributed by atoms with Crippen LogP contribution in [0, 0.1) is 0 Å². The highest BCUT2D eigenvalue weighted by Gasteiger charge is 2.36. The summed E-state index contributed by atoms with van der Waals surface area (Å²) in [4.78, 5) is 13.4. The number of halogens is 2. The molecular weight excluding hydrogens is 249 g/mol. The van der Waals surface area contributed by atoms with E-state index in [0.29, 0.717) is 13.0 Å². The number of alkyl halides is 2. The summed E-state index contributed by atoms with van der Waals surface area (Å²) < 4.78 is -1.39. The Kier molecular flexibility index (Phi) is 7.81. The molecule has 0 unspecified atom stereocenters. The van der Waals surface area contributed by atoms with Gasteiger partial charge in [-0.1, -0.05) is 49.0 Å². The van der Waals surface area contributed by atoms with E-state index >= 15 is 0 Å². The van der Waals surface area contributed by atoms with Gasteiger partial charge in [-0.25, -0.2) is 0 Å². The molecule has 5 heteroatoms. The lowest BCUT2D eigenvalue weighted by Gasteiger charge is -2.27. The molecule has 0 aliphatic heterocycles. The van der Waals surface area contributed by atoms with E-state index in [1.165, 1.54) is 4.90 Å². The maximum atomic E-state index is 12.0. The first-order valence-electron chi connectivity index (χ1n) is 5.38. The van der Waals surface area contributed by atoms with Gasteiger partial charge in [0.2, 0.25) is 0 Å². The number of carbonyl (C=O) groups excluding carboxylic acids is 1. The van der Waals surface area contributed by atoms with Crippen molar-refractivity contribution in [3.05, 3.63) is 12.7 Å². The Morgan fingerprint density at radius 1 is 1.56 bits per heavy atom. The zero-order valence-corrected chi connectivity index (χ0v) is 11.1. The van der Waals surface area contributed by atoms with Crippen LogP contribution in [0.2, 0.25) is 0 Å². The second-order valence-corrected chi connectivity index (χ2v) is 5.06. The van der Waals surface area contributed by atoms with Crippen LogP contribution in [0.5, 0.6) is 0 Å².